The zero-order valence-corrected chi connectivity index (χ0v) is 20.9. The van der Waals surface area contributed by atoms with E-state index in [1.807, 2.05) is 44.4 Å². The Morgan fingerprint density at radius 2 is 1.84 bits per heavy atom. The van der Waals surface area contributed by atoms with Gasteiger partial charge in [0.25, 0.3) is 0 Å². The van der Waals surface area contributed by atoms with E-state index >= 15 is 0 Å². The molecule has 0 spiro atoms. The zero-order valence-electron chi connectivity index (χ0n) is 20.9. The lowest BCUT2D eigenvalue weighted by molar-refractivity contribution is 0.0697. The van der Waals surface area contributed by atoms with Crippen molar-refractivity contribution in [3.8, 4) is 22.3 Å². The first-order valence-electron chi connectivity index (χ1n) is 12.7. The van der Waals surface area contributed by atoms with Crippen molar-refractivity contribution < 1.29 is 14.4 Å². The highest BCUT2D eigenvalue weighted by Gasteiger charge is 2.31. The second-order valence-electron chi connectivity index (χ2n) is 9.87. The third-order valence-corrected chi connectivity index (χ3v) is 7.57. The van der Waals surface area contributed by atoms with E-state index in [1.165, 1.54) is 12.8 Å². The second-order valence-corrected chi connectivity index (χ2v) is 9.87. The molecule has 0 saturated heterocycles. The van der Waals surface area contributed by atoms with Gasteiger partial charge in [-0.2, -0.15) is 0 Å². The van der Waals surface area contributed by atoms with E-state index in [9.17, 15) is 9.90 Å². The van der Waals surface area contributed by atoms with Gasteiger partial charge in [0.05, 0.1) is 34.0 Å². The third-order valence-electron chi connectivity index (χ3n) is 7.57. The van der Waals surface area contributed by atoms with Gasteiger partial charge in [-0.15, -0.1) is 0 Å². The normalized spacial score (nSPS) is 14.9. The molecule has 1 aliphatic rings. The molecule has 1 atom stereocenters. The Hall–Kier alpha value is -4.26. The number of fused-ring (bicyclic) bond motifs is 1. The van der Waals surface area contributed by atoms with E-state index < -0.39 is 5.97 Å². The van der Waals surface area contributed by atoms with Crippen LogP contribution in [0.25, 0.3) is 33.3 Å². The van der Waals surface area contributed by atoms with Crippen LogP contribution in [-0.4, -0.2) is 30.8 Å². The Bertz CT molecular complexity index is 1560. The maximum atomic E-state index is 11.4. The maximum Gasteiger partial charge on any atom is 0.335 e. The van der Waals surface area contributed by atoms with Crippen LogP contribution in [0.15, 0.2) is 71.6 Å². The Balaban J connectivity index is 1.59. The molecule has 7 heteroatoms. The minimum atomic E-state index is -0.937. The highest BCUT2D eigenvalue weighted by atomic mass is 16.5. The summed E-state index contributed by atoms with van der Waals surface area (Å²) < 4.78 is 7.79. The number of aromatic nitrogens is 4. The Kier molecular flexibility index (Phi) is 5.83. The van der Waals surface area contributed by atoms with Crippen LogP contribution in [-0.2, 0) is 0 Å². The molecular weight excluding hydrogens is 464 g/mol. The van der Waals surface area contributed by atoms with Crippen LogP contribution in [0.4, 0.5) is 0 Å². The predicted molar refractivity (Wildman–Crippen MR) is 141 cm³/mol. The van der Waals surface area contributed by atoms with Crippen LogP contribution in [0, 0.1) is 19.8 Å². The van der Waals surface area contributed by atoms with Crippen LogP contribution in [0.5, 0.6) is 0 Å². The van der Waals surface area contributed by atoms with Crippen molar-refractivity contribution in [1.82, 2.24) is 19.7 Å². The minimum Gasteiger partial charge on any atom is -0.478 e. The zero-order chi connectivity index (χ0) is 25.5. The molecule has 4 aromatic heterocycles. The molecule has 5 aromatic rings. The first-order valence-corrected chi connectivity index (χ1v) is 12.7. The van der Waals surface area contributed by atoms with E-state index in [4.69, 9.17) is 14.5 Å². The van der Waals surface area contributed by atoms with E-state index in [2.05, 4.69) is 34.1 Å². The number of aromatic carboxylic acids is 1. The van der Waals surface area contributed by atoms with Crippen LogP contribution in [0.3, 0.4) is 0 Å². The van der Waals surface area contributed by atoms with Gasteiger partial charge in [0, 0.05) is 35.3 Å². The molecule has 0 bridgehead atoms. The summed E-state index contributed by atoms with van der Waals surface area (Å²) in [6.07, 6.45) is 10.7. The van der Waals surface area contributed by atoms with Gasteiger partial charge < -0.3 is 14.2 Å². The Morgan fingerprint density at radius 3 is 2.49 bits per heavy atom. The lowest BCUT2D eigenvalue weighted by atomic mass is 9.94. The SMILES string of the molecule is Cc1noc(C)c1-c1cnc2c(-c3ccc(C(=O)O)cc3)cn(C(c3ccccn3)C3CCCC3)c2c1. The summed E-state index contributed by atoms with van der Waals surface area (Å²) in [5, 5.41) is 13.5. The van der Waals surface area contributed by atoms with Gasteiger partial charge in [0.1, 0.15) is 5.76 Å². The highest BCUT2D eigenvalue weighted by molar-refractivity contribution is 5.96. The average molecular weight is 493 g/mol. The minimum absolute atomic E-state index is 0.0694. The number of benzene rings is 1. The fourth-order valence-electron chi connectivity index (χ4n) is 5.83. The van der Waals surface area contributed by atoms with Crippen molar-refractivity contribution in [1.29, 1.82) is 0 Å². The highest BCUT2D eigenvalue weighted by Crippen LogP contribution is 2.42. The number of rotatable bonds is 6. The number of hydrogen-bond donors (Lipinski definition) is 1. The number of pyridine rings is 2. The molecule has 1 aromatic carbocycles. The molecule has 186 valence electrons. The van der Waals surface area contributed by atoms with Crippen molar-refractivity contribution in [3.05, 3.63) is 89.8 Å². The van der Waals surface area contributed by atoms with Crippen molar-refractivity contribution >= 4 is 17.0 Å². The molecule has 1 fully saturated rings. The molecule has 1 saturated carbocycles. The van der Waals surface area contributed by atoms with Gasteiger partial charge in [-0.3, -0.25) is 9.97 Å². The topological polar surface area (TPSA) is 94.0 Å². The number of nitrogens with zero attached hydrogens (tertiary/aromatic N) is 4. The molecule has 6 rings (SSSR count). The first-order chi connectivity index (χ1) is 18.0. The summed E-state index contributed by atoms with van der Waals surface area (Å²) in [7, 11) is 0. The fraction of sp³-hybridized carbons (Fsp3) is 0.267. The van der Waals surface area contributed by atoms with Crippen molar-refractivity contribution in [2.75, 3.05) is 0 Å². The van der Waals surface area contributed by atoms with E-state index in [1.54, 1.807) is 12.1 Å². The molecule has 0 amide bonds. The predicted octanol–water partition coefficient (Wildman–Crippen LogP) is 6.85. The smallest absolute Gasteiger partial charge is 0.335 e. The third kappa shape index (κ3) is 4.10. The summed E-state index contributed by atoms with van der Waals surface area (Å²) >= 11 is 0. The van der Waals surface area contributed by atoms with Gasteiger partial charge in [0.2, 0.25) is 0 Å². The van der Waals surface area contributed by atoms with E-state index in [-0.39, 0.29) is 11.6 Å². The van der Waals surface area contributed by atoms with Crippen molar-refractivity contribution in [3.63, 3.8) is 0 Å². The summed E-state index contributed by atoms with van der Waals surface area (Å²) in [5.74, 6) is 0.293. The second kappa shape index (κ2) is 9.32. The quantitative estimate of drug-likeness (QED) is 0.279. The molecule has 7 nitrogen and oxygen atoms in total. The average Bonchev–Trinajstić information content (AvgIpc) is 3.65. The van der Waals surface area contributed by atoms with Gasteiger partial charge in [0.15, 0.2) is 0 Å². The lowest BCUT2D eigenvalue weighted by Gasteiger charge is -2.26. The first kappa shape index (κ1) is 23.2. The molecule has 1 unspecified atom stereocenters. The standard InChI is InChI=1S/C30H28N4O3/c1-18-27(19(2)37-33-18)23-15-26-28(32-16-23)24(20-10-12-22(13-11-20)30(35)36)17-34(26)29(21-7-3-4-8-21)25-9-5-6-14-31-25/h5-6,9-17,21,29H,3-4,7-8H2,1-2H3,(H,35,36). The van der Waals surface area contributed by atoms with E-state index in [0.29, 0.717) is 5.92 Å². The number of carboxylic acid groups (broad SMARTS) is 1. The summed E-state index contributed by atoms with van der Waals surface area (Å²) in [5.41, 5.74) is 7.84. The lowest BCUT2D eigenvalue weighted by Crippen LogP contribution is -2.19. The van der Waals surface area contributed by atoms with Crippen LogP contribution in [0.2, 0.25) is 0 Å². The van der Waals surface area contributed by atoms with Crippen molar-refractivity contribution in [2.45, 2.75) is 45.6 Å². The molecule has 1 aliphatic carbocycles. The van der Waals surface area contributed by atoms with Gasteiger partial charge in [-0.1, -0.05) is 36.2 Å². The molecule has 4 heterocycles. The molecular formula is C30H28N4O3. The van der Waals surface area contributed by atoms with Gasteiger partial charge in [-0.05, 0) is 68.5 Å². The largest absolute Gasteiger partial charge is 0.478 e. The number of aryl methyl sites for hydroxylation is 2. The summed E-state index contributed by atoms with van der Waals surface area (Å²) in [6, 6.07) is 15.4. The summed E-state index contributed by atoms with van der Waals surface area (Å²) in [4.78, 5) is 21.2. The van der Waals surface area contributed by atoms with Gasteiger partial charge in [-0.25, -0.2) is 4.79 Å². The number of carboxylic acids is 1. The molecule has 37 heavy (non-hydrogen) atoms. The molecule has 0 radical (unpaired) electrons. The van der Waals surface area contributed by atoms with Crippen LogP contribution in [0.1, 0.15) is 59.2 Å². The van der Waals surface area contributed by atoms with Crippen LogP contribution < -0.4 is 0 Å². The monoisotopic (exact) mass is 492 g/mol. The molecule has 0 aliphatic heterocycles. The van der Waals surface area contributed by atoms with Crippen molar-refractivity contribution in [2.24, 2.45) is 5.92 Å². The summed E-state index contributed by atoms with van der Waals surface area (Å²) in [6.45, 7) is 3.86. The number of carbonyl (C=O) groups is 1. The number of hydrogen-bond acceptors (Lipinski definition) is 5. The fourth-order valence-corrected chi connectivity index (χ4v) is 5.83. The maximum absolute atomic E-state index is 11.4. The van der Waals surface area contributed by atoms with Gasteiger partial charge >= 0.3 is 5.97 Å². The Morgan fingerprint density at radius 1 is 1.05 bits per heavy atom. The Labute approximate surface area is 214 Å². The van der Waals surface area contributed by atoms with E-state index in [0.717, 1.165) is 63.3 Å². The van der Waals surface area contributed by atoms with Crippen LogP contribution >= 0.6 is 0 Å². The molecule has 1 N–H and O–H groups in total.